The van der Waals surface area contributed by atoms with E-state index in [0.29, 0.717) is 50.7 Å². The van der Waals surface area contributed by atoms with Crippen LogP contribution >= 0.6 is 11.6 Å². The Kier molecular flexibility index (Phi) is 6.11. The summed E-state index contributed by atoms with van der Waals surface area (Å²) in [6.45, 7) is 0. The van der Waals surface area contributed by atoms with Gasteiger partial charge >= 0.3 is 5.97 Å². The Labute approximate surface area is 211 Å². The maximum atomic E-state index is 13.3. The molecule has 0 saturated heterocycles. The minimum absolute atomic E-state index is 0.148. The maximum absolute atomic E-state index is 13.3. The van der Waals surface area contributed by atoms with E-state index in [9.17, 15) is 20.4 Å². The summed E-state index contributed by atoms with van der Waals surface area (Å²) in [6, 6.07) is 25.0. The number of fused-ring (bicyclic) bond motifs is 1. The predicted octanol–water partition coefficient (Wildman–Crippen LogP) is 5.46. The number of hydrogen-bond donors (Lipinski definition) is 2. The number of rotatable bonds is 6. The molecule has 5 rings (SSSR count). The van der Waals surface area contributed by atoms with Crippen molar-refractivity contribution in [3.05, 3.63) is 123 Å². The first-order chi connectivity index (χ1) is 17.4. The van der Waals surface area contributed by atoms with Gasteiger partial charge in [-0.25, -0.2) is 9.78 Å². The molecule has 176 valence electrons. The summed E-state index contributed by atoms with van der Waals surface area (Å²) in [5.74, 6) is -0.914. The smallest absolute Gasteiger partial charge is 0.335 e. The van der Waals surface area contributed by atoms with E-state index < -0.39 is 11.9 Å². The van der Waals surface area contributed by atoms with E-state index in [1.807, 2.05) is 30.3 Å². The van der Waals surface area contributed by atoms with Crippen LogP contribution in [0.15, 0.2) is 85.1 Å². The summed E-state index contributed by atoms with van der Waals surface area (Å²) in [5, 5.41) is 32.6. The number of H-pyrrole nitrogens is 1. The Morgan fingerprint density at radius 1 is 1.11 bits per heavy atom. The number of carboxylic acid groups (broad SMARTS) is 1. The quantitative estimate of drug-likeness (QED) is 0.240. The largest absolute Gasteiger partial charge is 0.618 e. The predicted molar refractivity (Wildman–Crippen MR) is 136 cm³/mol. The van der Waals surface area contributed by atoms with Crippen molar-refractivity contribution in [3.63, 3.8) is 0 Å². The van der Waals surface area contributed by atoms with Crippen LogP contribution in [0.3, 0.4) is 0 Å². The van der Waals surface area contributed by atoms with Crippen LogP contribution in [0.2, 0.25) is 5.02 Å². The summed E-state index contributed by atoms with van der Waals surface area (Å²) < 4.78 is 0.793. The van der Waals surface area contributed by atoms with Crippen LogP contribution in [-0.2, 0) is 6.42 Å². The van der Waals surface area contributed by atoms with Gasteiger partial charge in [-0.2, -0.15) is 9.99 Å². The third kappa shape index (κ3) is 4.50. The molecule has 0 bridgehead atoms. The van der Waals surface area contributed by atoms with Crippen LogP contribution < -0.4 is 4.73 Å². The Balaban J connectivity index is 1.61. The average molecular weight is 495 g/mol. The number of aromatic carboxylic acids is 1. The summed E-state index contributed by atoms with van der Waals surface area (Å²) >= 11 is 6.14. The summed E-state index contributed by atoms with van der Waals surface area (Å²) in [7, 11) is 0. The topological polar surface area (TPSA) is 117 Å². The zero-order valence-electron chi connectivity index (χ0n) is 18.9. The number of halogens is 1. The van der Waals surface area contributed by atoms with Gasteiger partial charge in [-0.1, -0.05) is 41.9 Å². The second kappa shape index (κ2) is 9.53. The molecule has 0 aliphatic rings. The zero-order valence-corrected chi connectivity index (χ0v) is 19.6. The van der Waals surface area contributed by atoms with Crippen molar-refractivity contribution in [3.8, 4) is 17.2 Å². The highest BCUT2D eigenvalue weighted by atomic mass is 35.5. The molecule has 1 atom stereocenters. The summed E-state index contributed by atoms with van der Waals surface area (Å²) in [4.78, 5) is 19.3. The van der Waals surface area contributed by atoms with Crippen LogP contribution in [-0.4, -0.2) is 21.0 Å². The zero-order chi connectivity index (χ0) is 25.2. The highest BCUT2D eigenvalue weighted by Crippen LogP contribution is 2.30. The number of carbonyl (C=O) groups is 1. The Morgan fingerprint density at radius 2 is 1.92 bits per heavy atom. The third-order valence-electron chi connectivity index (χ3n) is 6.07. The van der Waals surface area contributed by atoms with E-state index in [2.05, 4.69) is 16.0 Å². The van der Waals surface area contributed by atoms with Gasteiger partial charge < -0.3 is 15.3 Å². The van der Waals surface area contributed by atoms with Crippen LogP contribution in [0.5, 0.6) is 0 Å². The number of nitrogens with zero attached hydrogens (tertiary/aromatic N) is 3. The number of nitrogens with one attached hydrogen (secondary N) is 1. The van der Waals surface area contributed by atoms with Gasteiger partial charge in [0.05, 0.1) is 28.2 Å². The second-order valence-corrected chi connectivity index (χ2v) is 8.81. The second-order valence-electron chi connectivity index (χ2n) is 8.37. The van der Waals surface area contributed by atoms with Gasteiger partial charge in [-0.3, -0.25) is 0 Å². The van der Waals surface area contributed by atoms with Gasteiger partial charge in [0.15, 0.2) is 6.20 Å². The number of hydrogen-bond acceptors (Lipinski definition) is 4. The maximum Gasteiger partial charge on any atom is 0.335 e. The van der Waals surface area contributed by atoms with Crippen LogP contribution in [0.4, 0.5) is 0 Å². The van der Waals surface area contributed by atoms with Gasteiger partial charge in [0.2, 0.25) is 5.69 Å². The Bertz CT molecular complexity index is 1640. The Hall–Kier alpha value is -4.67. The summed E-state index contributed by atoms with van der Waals surface area (Å²) in [5.41, 5.74) is 4.37. The van der Waals surface area contributed by atoms with Gasteiger partial charge in [0, 0.05) is 22.2 Å². The van der Waals surface area contributed by atoms with Crippen molar-refractivity contribution < 1.29 is 14.6 Å². The number of aromatic amines is 1. The van der Waals surface area contributed by atoms with Crippen LogP contribution in [0.25, 0.3) is 22.2 Å². The Morgan fingerprint density at radius 3 is 2.64 bits per heavy atom. The lowest BCUT2D eigenvalue weighted by Crippen LogP contribution is -2.34. The first-order valence-electron chi connectivity index (χ1n) is 11.1. The molecule has 0 spiro atoms. The van der Waals surface area contributed by atoms with E-state index in [0.717, 1.165) is 10.3 Å². The number of aromatic nitrogens is 3. The molecule has 36 heavy (non-hydrogen) atoms. The first kappa shape index (κ1) is 23.1. The lowest BCUT2D eigenvalue weighted by molar-refractivity contribution is -0.614. The number of carboxylic acids is 1. The minimum atomic E-state index is -1.03. The number of benzene rings is 3. The molecule has 0 aliphatic carbocycles. The van der Waals surface area contributed by atoms with Crippen molar-refractivity contribution >= 4 is 28.6 Å². The normalized spacial score (nSPS) is 11.8. The number of imidazole rings is 1. The van der Waals surface area contributed by atoms with Gasteiger partial charge in [-0.15, -0.1) is 0 Å². The fourth-order valence-corrected chi connectivity index (χ4v) is 4.47. The van der Waals surface area contributed by atoms with Gasteiger partial charge in [-0.05, 0) is 54.4 Å². The minimum Gasteiger partial charge on any atom is -0.618 e. The van der Waals surface area contributed by atoms with E-state index in [1.165, 1.54) is 18.3 Å². The van der Waals surface area contributed by atoms with E-state index in [1.54, 1.807) is 36.4 Å². The molecule has 5 aromatic rings. The van der Waals surface area contributed by atoms with Crippen molar-refractivity contribution in [1.29, 1.82) is 5.26 Å². The standard InChI is InChI=1S/C28H19ClN4O3/c29-21-9-6-19(15-30)22(14-21)20-8-11-26(33(36)16-20)23(12-17-4-2-1-3-5-17)27-31-24-10-7-18(28(34)35)13-25(24)32-27/h1-11,13-14,16,23H,12H2,(H,31,32)(H,34,35)/t23-/m0/s1. The van der Waals surface area contributed by atoms with Gasteiger partial charge in [0.1, 0.15) is 11.7 Å². The van der Waals surface area contributed by atoms with Crippen LogP contribution in [0.1, 0.15) is 38.9 Å². The summed E-state index contributed by atoms with van der Waals surface area (Å²) in [6.07, 6.45) is 1.93. The molecule has 0 unspecified atom stereocenters. The molecule has 0 aliphatic heterocycles. The fourth-order valence-electron chi connectivity index (χ4n) is 4.29. The van der Waals surface area contributed by atoms with Crippen molar-refractivity contribution in [1.82, 2.24) is 9.97 Å². The molecular weight excluding hydrogens is 476 g/mol. The average Bonchev–Trinajstić information content (AvgIpc) is 3.31. The molecule has 2 aromatic heterocycles. The monoisotopic (exact) mass is 494 g/mol. The molecular formula is C28H19ClN4O3. The van der Waals surface area contributed by atoms with E-state index >= 15 is 0 Å². The first-order valence-corrected chi connectivity index (χ1v) is 11.5. The van der Waals surface area contributed by atoms with E-state index in [4.69, 9.17) is 11.6 Å². The van der Waals surface area contributed by atoms with Crippen molar-refractivity contribution in [2.45, 2.75) is 12.3 Å². The SMILES string of the molecule is N#Cc1ccc(Cl)cc1-c1ccc([C@H](Cc2ccccc2)c2nc3ccc(C(=O)O)cc3[nH]2)[n+]([O-])c1. The molecule has 2 heterocycles. The highest BCUT2D eigenvalue weighted by molar-refractivity contribution is 6.30. The molecule has 0 radical (unpaired) electrons. The molecule has 0 fully saturated rings. The molecule has 8 heteroatoms. The van der Waals surface area contributed by atoms with Gasteiger partial charge in [0.25, 0.3) is 0 Å². The molecule has 0 amide bonds. The van der Waals surface area contributed by atoms with E-state index in [-0.39, 0.29) is 5.56 Å². The highest BCUT2D eigenvalue weighted by Gasteiger charge is 2.27. The number of pyridine rings is 1. The lowest BCUT2D eigenvalue weighted by atomic mass is 9.93. The molecule has 7 nitrogen and oxygen atoms in total. The van der Waals surface area contributed by atoms with Crippen LogP contribution in [0, 0.1) is 16.5 Å². The fraction of sp³-hybridized carbons (Fsp3) is 0.0714. The van der Waals surface area contributed by atoms with Crippen molar-refractivity contribution in [2.75, 3.05) is 0 Å². The molecule has 2 N–H and O–H groups in total. The lowest BCUT2D eigenvalue weighted by Gasteiger charge is -2.16. The number of nitriles is 1. The van der Waals surface area contributed by atoms with Crippen molar-refractivity contribution in [2.24, 2.45) is 0 Å². The molecule has 3 aromatic carbocycles. The third-order valence-corrected chi connectivity index (χ3v) is 6.31. The molecule has 0 saturated carbocycles.